The molecule has 14 heavy (non-hydrogen) atoms. The van der Waals surface area contributed by atoms with Crippen LogP contribution in [0.4, 0.5) is 0 Å². The van der Waals surface area contributed by atoms with Crippen molar-refractivity contribution in [3.8, 4) is 0 Å². The van der Waals surface area contributed by atoms with E-state index in [2.05, 4.69) is 18.6 Å². The molecule has 1 aliphatic rings. The number of nitrogens with two attached hydrogens (primary N) is 1. The molecule has 1 rings (SSSR count). The number of carbonyl (C=O) groups excluding carboxylic acids is 1. The highest BCUT2D eigenvalue weighted by Crippen LogP contribution is 2.40. The van der Waals surface area contributed by atoms with Gasteiger partial charge in [0, 0.05) is 5.54 Å². The quantitative estimate of drug-likeness (QED) is 0.690. The number of hydrogen-bond acceptors (Lipinski definition) is 3. The van der Waals surface area contributed by atoms with Crippen molar-refractivity contribution in [3.63, 3.8) is 0 Å². The molecule has 0 radical (unpaired) electrons. The minimum Gasteiger partial charge on any atom is -0.469 e. The fourth-order valence-electron chi connectivity index (χ4n) is 1.96. The Morgan fingerprint density at radius 1 is 1.29 bits per heavy atom. The van der Waals surface area contributed by atoms with Gasteiger partial charge in [0.2, 0.25) is 0 Å². The van der Waals surface area contributed by atoms with Gasteiger partial charge >= 0.3 is 5.97 Å². The van der Waals surface area contributed by atoms with E-state index in [1.807, 2.05) is 0 Å². The number of esters is 1. The van der Waals surface area contributed by atoms with Gasteiger partial charge in [-0.15, -0.1) is 0 Å². The Labute approximate surface area is 86.0 Å². The number of hydrogen-bond donors (Lipinski definition) is 1. The summed E-state index contributed by atoms with van der Waals surface area (Å²) in [5, 5.41) is 0. The molecule has 82 valence electrons. The van der Waals surface area contributed by atoms with Crippen molar-refractivity contribution >= 4 is 5.97 Å². The van der Waals surface area contributed by atoms with Gasteiger partial charge in [-0.2, -0.15) is 0 Å². The normalized spacial score (nSPS) is 24.3. The Hall–Kier alpha value is -0.570. The molecule has 0 saturated heterocycles. The molecule has 2 N–H and O–H groups in total. The second kappa shape index (κ2) is 3.89. The van der Waals surface area contributed by atoms with Gasteiger partial charge in [0.25, 0.3) is 0 Å². The topological polar surface area (TPSA) is 52.3 Å². The van der Waals surface area contributed by atoms with Crippen LogP contribution < -0.4 is 5.73 Å². The van der Waals surface area contributed by atoms with Crippen LogP contribution in [-0.4, -0.2) is 18.6 Å². The third kappa shape index (κ3) is 2.98. The molecule has 1 aliphatic carbocycles. The maximum atomic E-state index is 11.1. The summed E-state index contributed by atoms with van der Waals surface area (Å²) < 4.78 is 4.65. The predicted molar refractivity (Wildman–Crippen MR) is 55.8 cm³/mol. The predicted octanol–water partition coefficient (Wildman–Crippen LogP) is 1.85. The molecule has 1 saturated carbocycles. The van der Waals surface area contributed by atoms with Crippen molar-refractivity contribution < 1.29 is 9.53 Å². The second-order valence-electron chi connectivity index (χ2n) is 5.28. The molecular formula is C11H21NO2. The van der Waals surface area contributed by atoms with E-state index in [9.17, 15) is 4.79 Å². The standard InChI is InChI=1S/C11H21NO2/c1-10(2)4-6-11(12,7-5-10)8-9(13)14-3/h4-8,12H2,1-3H3. The molecule has 0 aliphatic heterocycles. The lowest BCUT2D eigenvalue weighted by Crippen LogP contribution is -2.46. The van der Waals surface area contributed by atoms with Gasteiger partial charge in [-0.1, -0.05) is 13.8 Å². The molecule has 0 aromatic carbocycles. The van der Waals surface area contributed by atoms with Crippen molar-refractivity contribution in [2.75, 3.05) is 7.11 Å². The smallest absolute Gasteiger partial charge is 0.307 e. The van der Waals surface area contributed by atoms with Gasteiger partial charge in [-0.05, 0) is 31.1 Å². The Bertz CT molecular complexity index is 213. The zero-order chi connectivity index (χ0) is 10.8. The Morgan fingerprint density at radius 3 is 2.21 bits per heavy atom. The lowest BCUT2D eigenvalue weighted by Gasteiger charge is -2.40. The molecule has 0 amide bonds. The van der Waals surface area contributed by atoms with Crippen LogP contribution in [0.1, 0.15) is 46.0 Å². The summed E-state index contributed by atoms with van der Waals surface area (Å²) >= 11 is 0. The highest BCUT2D eigenvalue weighted by molar-refractivity contribution is 5.70. The first-order valence-corrected chi connectivity index (χ1v) is 5.23. The Balaban J connectivity index is 2.49. The van der Waals surface area contributed by atoms with E-state index in [4.69, 9.17) is 5.73 Å². The van der Waals surface area contributed by atoms with Gasteiger partial charge in [0.05, 0.1) is 13.5 Å². The molecule has 0 unspecified atom stereocenters. The zero-order valence-corrected chi connectivity index (χ0v) is 9.43. The average Bonchev–Trinajstić information content (AvgIpc) is 2.11. The van der Waals surface area contributed by atoms with E-state index >= 15 is 0 Å². The summed E-state index contributed by atoms with van der Waals surface area (Å²) in [6.07, 6.45) is 4.41. The summed E-state index contributed by atoms with van der Waals surface area (Å²) in [5.41, 5.74) is 6.23. The first-order chi connectivity index (χ1) is 6.37. The third-order valence-corrected chi connectivity index (χ3v) is 3.32. The summed E-state index contributed by atoms with van der Waals surface area (Å²) in [4.78, 5) is 11.1. The zero-order valence-electron chi connectivity index (χ0n) is 9.43. The van der Waals surface area contributed by atoms with Crippen molar-refractivity contribution in [2.45, 2.75) is 51.5 Å². The van der Waals surface area contributed by atoms with Crippen LogP contribution in [0.5, 0.6) is 0 Å². The highest BCUT2D eigenvalue weighted by atomic mass is 16.5. The molecule has 3 nitrogen and oxygen atoms in total. The van der Waals surface area contributed by atoms with E-state index in [1.54, 1.807) is 0 Å². The fraction of sp³-hybridized carbons (Fsp3) is 0.909. The maximum Gasteiger partial charge on any atom is 0.307 e. The van der Waals surface area contributed by atoms with Gasteiger partial charge in [-0.25, -0.2) is 0 Å². The van der Waals surface area contributed by atoms with Crippen LogP contribution >= 0.6 is 0 Å². The van der Waals surface area contributed by atoms with Crippen LogP contribution in [0.15, 0.2) is 0 Å². The molecule has 1 fully saturated rings. The molecule has 0 spiro atoms. The van der Waals surface area contributed by atoms with Crippen LogP contribution in [-0.2, 0) is 9.53 Å². The van der Waals surface area contributed by atoms with Crippen LogP contribution in [0.25, 0.3) is 0 Å². The lowest BCUT2D eigenvalue weighted by molar-refractivity contribution is -0.142. The van der Waals surface area contributed by atoms with E-state index < -0.39 is 0 Å². The molecule has 0 bridgehead atoms. The lowest BCUT2D eigenvalue weighted by atomic mass is 9.69. The number of ether oxygens (including phenoxy) is 1. The monoisotopic (exact) mass is 199 g/mol. The number of rotatable bonds is 2. The Kier molecular flexibility index (Phi) is 3.20. The van der Waals surface area contributed by atoms with Gasteiger partial charge < -0.3 is 10.5 Å². The molecule has 0 aromatic heterocycles. The SMILES string of the molecule is COC(=O)CC1(N)CCC(C)(C)CC1. The first kappa shape index (κ1) is 11.5. The average molecular weight is 199 g/mol. The molecular weight excluding hydrogens is 178 g/mol. The van der Waals surface area contributed by atoms with Gasteiger partial charge in [-0.3, -0.25) is 4.79 Å². The van der Waals surface area contributed by atoms with Crippen LogP contribution in [0.2, 0.25) is 0 Å². The van der Waals surface area contributed by atoms with Gasteiger partial charge in [0.15, 0.2) is 0 Å². The third-order valence-electron chi connectivity index (χ3n) is 3.32. The summed E-state index contributed by atoms with van der Waals surface area (Å²) in [5.74, 6) is -0.188. The van der Waals surface area contributed by atoms with E-state index in [0.717, 1.165) is 25.7 Å². The molecule has 0 atom stereocenters. The minimum atomic E-state index is -0.317. The fourth-order valence-corrected chi connectivity index (χ4v) is 1.96. The molecule has 0 aromatic rings. The van der Waals surface area contributed by atoms with Crippen molar-refractivity contribution in [1.82, 2.24) is 0 Å². The number of methoxy groups -OCH3 is 1. The first-order valence-electron chi connectivity index (χ1n) is 5.23. The van der Waals surface area contributed by atoms with Gasteiger partial charge in [0.1, 0.15) is 0 Å². The summed E-state index contributed by atoms with van der Waals surface area (Å²) in [6, 6.07) is 0. The summed E-state index contributed by atoms with van der Waals surface area (Å²) in [6.45, 7) is 4.51. The number of carbonyl (C=O) groups is 1. The van der Waals surface area contributed by atoms with Crippen LogP contribution in [0.3, 0.4) is 0 Å². The Morgan fingerprint density at radius 2 is 1.79 bits per heavy atom. The second-order valence-corrected chi connectivity index (χ2v) is 5.28. The van der Waals surface area contributed by atoms with E-state index in [1.165, 1.54) is 7.11 Å². The van der Waals surface area contributed by atoms with E-state index in [0.29, 0.717) is 11.8 Å². The molecule has 0 heterocycles. The maximum absolute atomic E-state index is 11.1. The van der Waals surface area contributed by atoms with Crippen molar-refractivity contribution in [1.29, 1.82) is 0 Å². The van der Waals surface area contributed by atoms with Crippen molar-refractivity contribution in [3.05, 3.63) is 0 Å². The van der Waals surface area contributed by atoms with E-state index in [-0.39, 0.29) is 11.5 Å². The summed E-state index contributed by atoms with van der Waals surface area (Å²) in [7, 11) is 1.42. The van der Waals surface area contributed by atoms with Crippen LogP contribution in [0, 0.1) is 5.41 Å². The highest BCUT2D eigenvalue weighted by Gasteiger charge is 2.36. The molecule has 3 heteroatoms. The van der Waals surface area contributed by atoms with Crippen molar-refractivity contribution in [2.24, 2.45) is 11.1 Å². The minimum absolute atomic E-state index is 0.188. The largest absolute Gasteiger partial charge is 0.469 e.